The van der Waals surface area contributed by atoms with Crippen LogP contribution in [0.5, 0.6) is 0 Å². The Hall–Kier alpha value is -2.81. The van der Waals surface area contributed by atoms with Crippen LogP contribution in [0.3, 0.4) is 0 Å². The number of amides is 1. The molecule has 134 valence electrons. The van der Waals surface area contributed by atoms with Crippen LogP contribution in [-0.2, 0) is 11.2 Å². The molecule has 0 saturated carbocycles. The molecule has 0 fully saturated rings. The fourth-order valence-corrected chi connectivity index (χ4v) is 2.77. The van der Waals surface area contributed by atoms with Crippen LogP contribution >= 0.6 is 0 Å². The molecule has 3 aromatic rings. The standard InChI is InChI=1S/C23H25NO2/c1-16(2)17(3)24-23(25)12-6-4-5-9-18-13-14-22-20(15-18)19-10-7-8-11-21(19)26-22/h4-8,10-17H,9H2,1-3H3,(H,24,25)/b5-4+,12-6+. The molecule has 26 heavy (non-hydrogen) atoms. The van der Waals surface area contributed by atoms with E-state index < -0.39 is 0 Å². The van der Waals surface area contributed by atoms with E-state index >= 15 is 0 Å². The number of rotatable bonds is 6. The highest BCUT2D eigenvalue weighted by Crippen LogP contribution is 2.29. The molecule has 1 aromatic heterocycles. The summed E-state index contributed by atoms with van der Waals surface area (Å²) in [6, 6.07) is 14.5. The minimum atomic E-state index is -0.0536. The molecule has 1 unspecified atom stereocenters. The van der Waals surface area contributed by atoms with Crippen molar-refractivity contribution in [1.29, 1.82) is 0 Å². The van der Waals surface area contributed by atoms with Gasteiger partial charge in [0.2, 0.25) is 5.91 Å². The van der Waals surface area contributed by atoms with E-state index in [2.05, 4.69) is 43.4 Å². The predicted octanol–water partition coefficient (Wildman–Crippen LogP) is 5.40. The number of para-hydroxylation sites is 1. The number of furan rings is 1. The Labute approximate surface area is 154 Å². The van der Waals surface area contributed by atoms with Gasteiger partial charge in [0.1, 0.15) is 11.2 Å². The van der Waals surface area contributed by atoms with Gasteiger partial charge in [0, 0.05) is 22.9 Å². The highest BCUT2D eigenvalue weighted by atomic mass is 16.3. The lowest BCUT2D eigenvalue weighted by atomic mass is 10.1. The Morgan fingerprint density at radius 3 is 2.62 bits per heavy atom. The van der Waals surface area contributed by atoms with Gasteiger partial charge in [-0.05, 0) is 43.0 Å². The van der Waals surface area contributed by atoms with E-state index in [9.17, 15) is 4.79 Å². The smallest absolute Gasteiger partial charge is 0.244 e. The van der Waals surface area contributed by atoms with Crippen molar-refractivity contribution >= 4 is 27.8 Å². The third kappa shape index (κ3) is 4.23. The lowest BCUT2D eigenvalue weighted by molar-refractivity contribution is -0.117. The monoisotopic (exact) mass is 347 g/mol. The Kier molecular flexibility index (Phi) is 5.57. The second-order valence-corrected chi connectivity index (χ2v) is 6.96. The molecule has 0 saturated heterocycles. The minimum Gasteiger partial charge on any atom is -0.456 e. The van der Waals surface area contributed by atoms with Gasteiger partial charge in [-0.2, -0.15) is 0 Å². The molecule has 0 aliphatic rings. The quantitative estimate of drug-likeness (QED) is 0.479. The highest BCUT2D eigenvalue weighted by Gasteiger charge is 2.08. The van der Waals surface area contributed by atoms with Crippen molar-refractivity contribution in [2.75, 3.05) is 0 Å². The third-order valence-corrected chi connectivity index (χ3v) is 4.66. The molecule has 0 bridgehead atoms. The summed E-state index contributed by atoms with van der Waals surface area (Å²) in [4.78, 5) is 11.8. The van der Waals surface area contributed by atoms with Crippen LogP contribution in [0.2, 0.25) is 0 Å². The number of nitrogens with one attached hydrogen (secondary N) is 1. The number of allylic oxidation sites excluding steroid dienone is 3. The molecular weight excluding hydrogens is 322 g/mol. The van der Waals surface area contributed by atoms with Crippen molar-refractivity contribution in [1.82, 2.24) is 5.32 Å². The summed E-state index contributed by atoms with van der Waals surface area (Å²) in [5, 5.41) is 5.24. The van der Waals surface area contributed by atoms with Crippen molar-refractivity contribution < 1.29 is 9.21 Å². The van der Waals surface area contributed by atoms with E-state index in [4.69, 9.17) is 4.42 Å². The van der Waals surface area contributed by atoms with Crippen molar-refractivity contribution in [3.63, 3.8) is 0 Å². The third-order valence-electron chi connectivity index (χ3n) is 4.66. The molecule has 0 aliphatic carbocycles. The molecule has 3 rings (SSSR count). The topological polar surface area (TPSA) is 42.2 Å². The van der Waals surface area contributed by atoms with Crippen LogP contribution in [0.4, 0.5) is 0 Å². The van der Waals surface area contributed by atoms with Crippen molar-refractivity contribution in [2.24, 2.45) is 5.92 Å². The molecule has 0 spiro atoms. The zero-order valence-electron chi connectivity index (χ0n) is 15.5. The SMILES string of the molecule is CC(C)C(C)NC(=O)/C=C/C=C/Cc1ccc2oc3ccccc3c2c1. The Morgan fingerprint density at radius 1 is 1.04 bits per heavy atom. The summed E-state index contributed by atoms with van der Waals surface area (Å²) >= 11 is 0. The molecule has 0 aliphatic heterocycles. The molecule has 1 N–H and O–H groups in total. The van der Waals surface area contributed by atoms with Gasteiger partial charge in [-0.15, -0.1) is 0 Å². The molecule has 3 heteroatoms. The summed E-state index contributed by atoms with van der Waals surface area (Å²) < 4.78 is 5.85. The first-order chi connectivity index (χ1) is 12.5. The van der Waals surface area contributed by atoms with Gasteiger partial charge in [0.25, 0.3) is 0 Å². The average molecular weight is 347 g/mol. The van der Waals surface area contributed by atoms with Crippen molar-refractivity contribution in [3.05, 3.63) is 72.3 Å². The molecular formula is C23H25NO2. The van der Waals surface area contributed by atoms with Gasteiger partial charge in [-0.1, -0.05) is 56.3 Å². The largest absolute Gasteiger partial charge is 0.456 e. The second-order valence-electron chi connectivity index (χ2n) is 6.96. The lowest BCUT2D eigenvalue weighted by Gasteiger charge is -2.15. The van der Waals surface area contributed by atoms with E-state index in [1.807, 2.05) is 37.3 Å². The van der Waals surface area contributed by atoms with E-state index in [-0.39, 0.29) is 11.9 Å². The number of carbonyl (C=O) groups excluding carboxylic acids is 1. The van der Waals surface area contributed by atoms with Crippen LogP contribution in [0.1, 0.15) is 26.3 Å². The van der Waals surface area contributed by atoms with Crippen LogP contribution < -0.4 is 5.32 Å². The summed E-state index contributed by atoms with van der Waals surface area (Å²) in [5.41, 5.74) is 3.04. The van der Waals surface area contributed by atoms with Crippen LogP contribution in [0.15, 0.2) is 71.2 Å². The first-order valence-corrected chi connectivity index (χ1v) is 9.08. The molecule has 3 nitrogen and oxygen atoms in total. The zero-order chi connectivity index (χ0) is 18.5. The maximum atomic E-state index is 11.8. The number of carbonyl (C=O) groups is 1. The van der Waals surface area contributed by atoms with E-state index in [0.29, 0.717) is 5.92 Å². The summed E-state index contributed by atoms with van der Waals surface area (Å²) in [5.74, 6) is 0.374. The first kappa shape index (κ1) is 18.0. The fourth-order valence-electron chi connectivity index (χ4n) is 2.77. The van der Waals surface area contributed by atoms with E-state index in [1.54, 1.807) is 12.2 Å². The van der Waals surface area contributed by atoms with Gasteiger partial charge < -0.3 is 9.73 Å². The van der Waals surface area contributed by atoms with Crippen LogP contribution in [0.25, 0.3) is 21.9 Å². The van der Waals surface area contributed by atoms with E-state index in [0.717, 1.165) is 28.4 Å². The molecule has 1 heterocycles. The number of hydrogen-bond donors (Lipinski definition) is 1. The normalized spacial score (nSPS) is 13.4. The predicted molar refractivity (Wildman–Crippen MR) is 108 cm³/mol. The van der Waals surface area contributed by atoms with Crippen LogP contribution in [-0.4, -0.2) is 11.9 Å². The van der Waals surface area contributed by atoms with Gasteiger partial charge in [-0.3, -0.25) is 4.79 Å². The average Bonchev–Trinajstić information content (AvgIpc) is 2.99. The molecule has 1 amide bonds. The fraction of sp³-hybridized carbons (Fsp3) is 0.261. The summed E-state index contributed by atoms with van der Waals surface area (Å²) in [6.07, 6.45) is 8.14. The van der Waals surface area contributed by atoms with Gasteiger partial charge >= 0.3 is 0 Å². The number of hydrogen-bond acceptors (Lipinski definition) is 2. The number of benzene rings is 2. The Bertz CT molecular complexity index is 963. The molecule has 1 atom stereocenters. The summed E-state index contributed by atoms with van der Waals surface area (Å²) in [6.45, 7) is 6.20. The van der Waals surface area contributed by atoms with E-state index in [1.165, 1.54) is 5.56 Å². The van der Waals surface area contributed by atoms with Crippen molar-refractivity contribution in [2.45, 2.75) is 33.2 Å². The van der Waals surface area contributed by atoms with Crippen LogP contribution in [0, 0.1) is 5.92 Å². The maximum absolute atomic E-state index is 11.8. The minimum absolute atomic E-state index is 0.0536. The first-order valence-electron chi connectivity index (χ1n) is 9.08. The maximum Gasteiger partial charge on any atom is 0.244 e. The van der Waals surface area contributed by atoms with Gasteiger partial charge in [0.05, 0.1) is 0 Å². The highest BCUT2D eigenvalue weighted by molar-refractivity contribution is 6.04. The molecule has 0 radical (unpaired) electrons. The second kappa shape index (κ2) is 8.05. The molecule has 2 aromatic carbocycles. The Morgan fingerprint density at radius 2 is 1.81 bits per heavy atom. The Balaban J connectivity index is 1.62. The van der Waals surface area contributed by atoms with Gasteiger partial charge in [0.15, 0.2) is 0 Å². The van der Waals surface area contributed by atoms with Gasteiger partial charge in [-0.25, -0.2) is 0 Å². The summed E-state index contributed by atoms with van der Waals surface area (Å²) in [7, 11) is 0. The number of fused-ring (bicyclic) bond motifs is 3. The van der Waals surface area contributed by atoms with Crippen molar-refractivity contribution in [3.8, 4) is 0 Å². The zero-order valence-corrected chi connectivity index (χ0v) is 15.5. The lowest BCUT2D eigenvalue weighted by Crippen LogP contribution is -2.34.